The van der Waals surface area contributed by atoms with Crippen LogP contribution in [-0.2, 0) is 16.1 Å². The van der Waals surface area contributed by atoms with Crippen LogP contribution in [0.4, 0.5) is 0 Å². The molecule has 0 saturated carbocycles. The molecule has 2 saturated heterocycles. The van der Waals surface area contributed by atoms with Crippen molar-refractivity contribution in [1.29, 1.82) is 0 Å². The Labute approximate surface area is 132 Å². The number of rotatable bonds is 4. The average molecular weight is 303 g/mol. The van der Waals surface area contributed by atoms with Crippen molar-refractivity contribution in [3.63, 3.8) is 0 Å². The molecule has 1 amide bonds. The van der Waals surface area contributed by atoms with Gasteiger partial charge in [0.15, 0.2) is 0 Å². The standard InChI is InChI=1S/C17H25N3O2/c1-14(21)20-8-6-17(13-20)12-19(2)9-15(17)10-22-11-16-5-3-4-7-18-16/h3-5,7,15H,6,8-13H2,1-2H3/t15-,17-/m0/s1. The monoisotopic (exact) mass is 303 g/mol. The van der Waals surface area contributed by atoms with Gasteiger partial charge in [0.05, 0.1) is 18.9 Å². The van der Waals surface area contributed by atoms with Crippen molar-refractivity contribution in [2.24, 2.45) is 11.3 Å². The minimum atomic E-state index is 0.194. The van der Waals surface area contributed by atoms with Crippen molar-refractivity contribution in [3.8, 4) is 0 Å². The largest absolute Gasteiger partial charge is 0.375 e. The van der Waals surface area contributed by atoms with E-state index in [9.17, 15) is 4.79 Å². The molecule has 0 radical (unpaired) electrons. The smallest absolute Gasteiger partial charge is 0.219 e. The van der Waals surface area contributed by atoms with Crippen LogP contribution in [0.25, 0.3) is 0 Å². The van der Waals surface area contributed by atoms with Gasteiger partial charge in [0.1, 0.15) is 0 Å². The van der Waals surface area contributed by atoms with Gasteiger partial charge in [-0.2, -0.15) is 0 Å². The Morgan fingerprint density at radius 3 is 3.00 bits per heavy atom. The Kier molecular flexibility index (Phi) is 4.45. The summed E-state index contributed by atoms with van der Waals surface area (Å²) in [5, 5.41) is 0. The molecule has 0 bridgehead atoms. The fourth-order valence-electron chi connectivity index (χ4n) is 3.95. The maximum Gasteiger partial charge on any atom is 0.219 e. The van der Waals surface area contributed by atoms with Crippen molar-refractivity contribution >= 4 is 5.91 Å². The molecule has 0 N–H and O–H groups in total. The Morgan fingerprint density at radius 2 is 2.32 bits per heavy atom. The molecule has 22 heavy (non-hydrogen) atoms. The van der Waals surface area contributed by atoms with E-state index in [1.165, 1.54) is 0 Å². The number of hydrogen-bond donors (Lipinski definition) is 0. The first-order valence-electron chi connectivity index (χ1n) is 8.01. The molecule has 2 fully saturated rings. The minimum absolute atomic E-state index is 0.194. The lowest BCUT2D eigenvalue weighted by Gasteiger charge is -2.30. The third-order valence-electron chi connectivity index (χ3n) is 5.11. The van der Waals surface area contributed by atoms with Crippen molar-refractivity contribution < 1.29 is 9.53 Å². The second kappa shape index (κ2) is 6.34. The number of ether oxygens (including phenoxy) is 1. The van der Waals surface area contributed by atoms with Gasteiger partial charge in [0, 0.05) is 50.6 Å². The molecular formula is C17H25N3O2. The predicted molar refractivity (Wildman–Crippen MR) is 84.2 cm³/mol. The van der Waals surface area contributed by atoms with Gasteiger partial charge in [-0.3, -0.25) is 9.78 Å². The molecule has 3 heterocycles. The number of likely N-dealkylation sites (tertiary alicyclic amines) is 2. The van der Waals surface area contributed by atoms with Crippen LogP contribution in [0.2, 0.25) is 0 Å². The highest BCUT2D eigenvalue weighted by Crippen LogP contribution is 2.43. The second-order valence-corrected chi connectivity index (χ2v) is 6.78. The Hall–Kier alpha value is -1.46. The molecule has 1 spiro atoms. The van der Waals surface area contributed by atoms with E-state index in [-0.39, 0.29) is 11.3 Å². The molecule has 2 aliphatic rings. The summed E-state index contributed by atoms with van der Waals surface area (Å²) in [6.45, 7) is 6.86. The number of carbonyl (C=O) groups excluding carboxylic acids is 1. The lowest BCUT2D eigenvalue weighted by atomic mass is 9.77. The zero-order valence-corrected chi connectivity index (χ0v) is 13.5. The summed E-state index contributed by atoms with van der Waals surface area (Å²) in [7, 11) is 2.16. The van der Waals surface area contributed by atoms with Crippen molar-refractivity contribution in [3.05, 3.63) is 30.1 Å². The number of aromatic nitrogens is 1. The molecule has 0 unspecified atom stereocenters. The fourth-order valence-corrected chi connectivity index (χ4v) is 3.95. The normalized spacial score (nSPS) is 28.6. The molecule has 2 aliphatic heterocycles. The van der Waals surface area contributed by atoms with Gasteiger partial charge in [0.2, 0.25) is 5.91 Å². The van der Waals surface area contributed by atoms with Crippen molar-refractivity contribution in [1.82, 2.24) is 14.8 Å². The van der Waals surface area contributed by atoms with E-state index in [0.29, 0.717) is 12.5 Å². The van der Waals surface area contributed by atoms with Gasteiger partial charge in [0.25, 0.3) is 0 Å². The van der Waals surface area contributed by atoms with Gasteiger partial charge in [-0.15, -0.1) is 0 Å². The van der Waals surface area contributed by atoms with Crippen molar-refractivity contribution in [2.45, 2.75) is 20.0 Å². The number of hydrogen-bond acceptors (Lipinski definition) is 4. The number of carbonyl (C=O) groups is 1. The Morgan fingerprint density at radius 1 is 1.45 bits per heavy atom. The van der Waals surface area contributed by atoms with Crippen LogP contribution >= 0.6 is 0 Å². The molecule has 0 aliphatic carbocycles. The summed E-state index contributed by atoms with van der Waals surface area (Å²) in [6.07, 6.45) is 2.89. The van der Waals surface area contributed by atoms with Crippen LogP contribution in [0.3, 0.4) is 0 Å². The Bertz CT molecular complexity index is 522. The van der Waals surface area contributed by atoms with Crippen LogP contribution in [-0.4, -0.2) is 60.5 Å². The maximum atomic E-state index is 11.6. The number of nitrogens with zero attached hydrogens (tertiary/aromatic N) is 3. The number of amides is 1. The lowest BCUT2D eigenvalue weighted by Crippen LogP contribution is -2.37. The zero-order chi connectivity index (χ0) is 15.6. The molecule has 1 aromatic rings. The van der Waals surface area contributed by atoms with E-state index in [1.54, 1.807) is 13.1 Å². The molecule has 3 rings (SSSR count). The molecule has 2 atom stereocenters. The topological polar surface area (TPSA) is 45.7 Å². The van der Waals surface area contributed by atoms with Crippen LogP contribution in [0.15, 0.2) is 24.4 Å². The molecule has 5 nitrogen and oxygen atoms in total. The maximum absolute atomic E-state index is 11.6. The van der Waals surface area contributed by atoms with E-state index in [4.69, 9.17) is 4.74 Å². The summed E-state index contributed by atoms with van der Waals surface area (Å²) in [5.74, 6) is 0.685. The van der Waals surface area contributed by atoms with Gasteiger partial charge >= 0.3 is 0 Å². The summed E-state index contributed by atoms with van der Waals surface area (Å²) in [4.78, 5) is 20.3. The van der Waals surface area contributed by atoms with Crippen LogP contribution < -0.4 is 0 Å². The number of pyridine rings is 1. The van der Waals surface area contributed by atoms with E-state index in [1.807, 2.05) is 23.1 Å². The van der Waals surface area contributed by atoms with Gasteiger partial charge < -0.3 is 14.5 Å². The molecular weight excluding hydrogens is 278 g/mol. The first-order chi connectivity index (χ1) is 10.6. The van der Waals surface area contributed by atoms with Crippen LogP contribution in [0, 0.1) is 11.3 Å². The lowest BCUT2D eigenvalue weighted by molar-refractivity contribution is -0.128. The second-order valence-electron chi connectivity index (χ2n) is 6.78. The average Bonchev–Trinajstić information content (AvgIpc) is 3.05. The summed E-state index contributed by atoms with van der Waals surface area (Å²) in [6, 6.07) is 5.89. The Balaban J connectivity index is 1.58. The SMILES string of the molecule is CC(=O)N1CC[C@]2(CN(C)C[C@H]2COCc2ccccn2)C1. The first-order valence-corrected chi connectivity index (χ1v) is 8.01. The van der Waals surface area contributed by atoms with E-state index in [0.717, 1.165) is 44.9 Å². The van der Waals surface area contributed by atoms with Crippen LogP contribution in [0.1, 0.15) is 19.0 Å². The highest BCUT2D eigenvalue weighted by molar-refractivity contribution is 5.73. The first kappa shape index (κ1) is 15.4. The molecule has 0 aromatic carbocycles. The fraction of sp³-hybridized carbons (Fsp3) is 0.647. The summed E-state index contributed by atoms with van der Waals surface area (Å²) >= 11 is 0. The van der Waals surface area contributed by atoms with Gasteiger partial charge in [-0.05, 0) is 25.6 Å². The van der Waals surface area contributed by atoms with Crippen LogP contribution in [0.5, 0.6) is 0 Å². The highest BCUT2D eigenvalue weighted by Gasteiger charge is 2.49. The third kappa shape index (κ3) is 3.15. The molecule has 5 heteroatoms. The van der Waals surface area contributed by atoms with E-state index >= 15 is 0 Å². The highest BCUT2D eigenvalue weighted by atomic mass is 16.5. The summed E-state index contributed by atoms with van der Waals surface area (Å²) in [5.41, 5.74) is 1.18. The quantitative estimate of drug-likeness (QED) is 0.843. The predicted octanol–water partition coefficient (Wildman–Crippen LogP) is 1.40. The zero-order valence-electron chi connectivity index (χ0n) is 13.5. The van der Waals surface area contributed by atoms with Crippen molar-refractivity contribution in [2.75, 3.05) is 39.8 Å². The van der Waals surface area contributed by atoms with Gasteiger partial charge in [-0.1, -0.05) is 6.07 Å². The van der Waals surface area contributed by atoms with Gasteiger partial charge in [-0.25, -0.2) is 0 Å². The third-order valence-corrected chi connectivity index (χ3v) is 5.11. The van der Waals surface area contributed by atoms with E-state index < -0.39 is 0 Å². The molecule has 120 valence electrons. The minimum Gasteiger partial charge on any atom is -0.375 e. The summed E-state index contributed by atoms with van der Waals surface area (Å²) < 4.78 is 5.94. The molecule has 1 aromatic heterocycles. The van der Waals surface area contributed by atoms with E-state index in [2.05, 4.69) is 16.9 Å².